The molecule has 2 N–H and O–H groups in total. The first-order valence-electron chi connectivity index (χ1n) is 7.81. The fourth-order valence-electron chi connectivity index (χ4n) is 1.96. The summed E-state index contributed by atoms with van der Waals surface area (Å²) in [6.45, 7) is 2.95. The van der Waals surface area contributed by atoms with Gasteiger partial charge in [-0.2, -0.15) is 0 Å². The average molecular weight is 381 g/mol. The Hall–Kier alpha value is -2.87. The lowest BCUT2D eigenvalue weighted by Crippen LogP contribution is -2.44. The Kier molecular flexibility index (Phi) is 6.35. The van der Waals surface area contributed by atoms with Gasteiger partial charge in [0.25, 0.3) is 5.91 Å². The summed E-state index contributed by atoms with van der Waals surface area (Å²) in [5.74, 6) is -2.17. The first kappa shape index (κ1) is 19.5. The minimum absolute atomic E-state index is 0.106. The van der Waals surface area contributed by atoms with E-state index in [9.17, 15) is 19.2 Å². The summed E-state index contributed by atoms with van der Waals surface area (Å²) in [6.07, 6.45) is 0.697. The maximum atomic E-state index is 12.0. The predicted octanol–water partition coefficient (Wildman–Crippen LogP) is 2.23. The van der Waals surface area contributed by atoms with Crippen molar-refractivity contribution < 1.29 is 23.5 Å². The number of benzene rings is 1. The maximum absolute atomic E-state index is 12.0. The molecule has 0 bridgehead atoms. The van der Waals surface area contributed by atoms with Gasteiger partial charge in [0, 0.05) is 17.1 Å². The van der Waals surface area contributed by atoms with E-state index in [1.807, 2.05) is 12.2 Å². The highest BCUT2D eigenvalue weighted by atomic mass is 35.5. The van der Waals surface area contributed by atoms with Crippen LogP contribution in [0, 0.1) is 0 Å². The summed E-state index contributed by atoms with van der Waals surface area (Å²) < 4.78 is 10.1. The van der Waals surface area contributed by atoms with Crippen LogP contribution in [-0.4, -0.2) is 30.6 Å². The van der Waals surface area contributed by atoms with Gasteiger partial charge >= 0.3 is 12.0 Å². The molecule has 0 radical (unpaired) electrons. The van der Waals surface area contributed by atoms with Gasteiger partial charge < -0.3 is 14.5 Å². The van der Waals surface area contributed by atoms with Gasteiger partial charge in [-0.15, -0.1) is 0 Å². The highest BCUT2D eigenvalue weighted by Gasteiger charge is 2.17. The third-order valence-corrected chi connectivity index (χ3v) is 3.70. The van der Waals surface area contributed by atoms with E-state index in [-0.39, 0.29) is 22.8 Å². The van der Waals surface area contributed by atoms with Crippen molar-refractivity contribution in [3.63, 3.8) is 0 Å². The van der Waals surface area contributed by atoms with Crippen molar-refractivity contribution in [2.45, 2.75) is 26.3 Å². The number of amides is 3. The zero-order valence-electron chi connectivity index (χ0n) is 14.1. The highest BCUT2D eigenvalue weighted by Crippen LogP contribution is 2.17. The van der Waals surface area contributed by atoms with E-state index in [0.717, 1.165) is 6.07 Å². The molecule has 26 heavy (non-hydrogen) atoms. The first-order chi connectivity index (χ1) is 12.3. The van der Waals surface area contributed by atoms with Gasteiger partial charge in [-0.3, -0.25) is 14.9 Å². The predicted molar refractivity (Wildman–Crippen MR) is 94.2 cm³/mol. The van der Waals surface area contributed by atoms with Crippen molar-refractivity contribution in [1.29, 1.82) is 0 Å². The Morgan fingerprint density at radius 2 is 2.00 bits per heavy atom. The molecule has 1 aromatic carbocycles. The van der Waals surface area contributed by atoms with Gasteiger partial charge in [-0.05, 0) is 31.5 Å². The molecule has 0 aliphatic heterocycles. The van der Waals surface area contributed by atoms with Crippen LogP contribution in [0.25, 0.3) is 11.0 Å². The van der Waals surface area contributed by atoms with Crippen molar-refractivity contribution >= 4 is 40.5 Å². The molecule has 0 spiro atoms. The minimum atomic E-state index is -1.00. The fourth-order valence-corrected chi connectivity index (χ4v) is 2.13. The SMILES string of the molecule is CC[C@H](C)NC(=O)NC(=O)COC(=O)c1cc(=O)c2cc(Cl)ccc2o1. The largest absolute Gasteiger partial charge is 0.450 e. The van der Waals surface area contributed by atoms with Gasteiger partial charge in [-0.25, -0.2) is 9.59 Å². The lowest BCUT2D eigenvalue weighted by molar-refractivity contribution is -0.123. The number of hydrogen-bond donors (Lipinski definition) is 2. The van der Waals surface area contributed by atoms with Gasteiger partial charge in [0.15, 0.2) is 12.0 Å². The summed E-state index contributed by atoms with van der Waals surface area (Å²) in [6, 6.07) is 4.53. The quantitative estimate of drug-likeness (QED) is 0.768. The molecule has 1 aromatic heterocycles. The Morgan fingerprint density at radius 1 is 1.27 bits per heavy atom. The molecule has 1 heterocycles. The smallest absolute Gasteiger partial charge is 0.374 e. The number of fused-ring (bicyclic) bond motifs is 1. The van der Waals surface area contributed by atoms with Crippen LogP contribution in [0.4, 0.5) is 4.79 Å². The van der Waals surface area contributed by atoms with Crippen LogP contribution < -0.4 is 16.1 Å². The van der Waals surface area contributed by atoms with E-state index in [1.54, 1.807) is 6.92 Å². The third kappa shape index (κ3) is 5.06. The molecule has 0 aliphatic carbocycles. The number of esters is 1. The second-order valence-corrected chi connectivity index (χ2v) is 5.96. The van der Waals surface area contributed by atoms with Gasteiger partial charge in [0.2, 0.25) is 5.76 Å². The third-order valence-electron chi connectivity index (χ3n) is 3.47. The van der Waals surface area contributed by atoms with E-state index in [0.29, 0.717) is 11.4 Å². The molecule has 0 aliphatic rings. The topological polar surface area (TPSA) is 115 Å². The number of imide groups is 1. The van der Waals surface area contributed by atoms with Gasteiger partial charge in [0.1, 0.15) is 5.58 Å². The number of carbonyl (C=O) groups is 3. The number of hydrogen-bond acceptors (Lipinski definition) is 6. The second kappa shape index (κ2) is 8.48. The molecule has 0 unspecified atom stereocenters. The molecule has 0 saturated heterocycles. The van der Waals surface area contributed by atoms with Crippen LogP contribution in [0.2, 0.25) is 5.02 Å². The van der Waals surface area contributed by atoms with Crippen molar-refractivity contribution in [2.24, 2.45) is 0 Å². The molecule has 0 saturated carbocycles. The Balaban J connectivity index is 1.99. The summed E-state index contributed by atoms with van der Waals surface area (Å²) in [5, 5.41) is 5.13. The molecule has 0 fully saturated rings. The summed E-state index contributed by atoms with van der Waals surface area (Å²) in [5.41, 5.74) is -0.315. The van der Waals surface area contributed by atoms with E-state index < -0.39 is 29.9 Å². The van der Waals surface area contributed by atoms with Crippen molar-refractivity contribution in [1.82, 2.24) is 10.6 Å². The molecule has 138 valence electrons. The van der Waals surface area contributed by atoms with Crippen molar-refractivity contribution in [3.05, 3.63) is 45.3 Å². The fraction of sp³-hybridized carbons (Fsp3) is 0.294. The normalized spacial score (nSPS) is 11.7. The molecule has 9 heteroatoms. The monoisotopic (exact) mass is 380 g/mol. The summed E-state index contributed by atoms with van der Waals surface area (Å²) >= 11 is 5.81. The lowest BCUT2D eigenvalue weighted by Gasteiger charge is -2.11. The number of rotatable bonds is 5. The van der Waals surface area contributed by atoms with Gasteiger partial charge in [-0.1, -0.05) is 18.5 Å². The summed E-state index contributed by atoms with van der Waals surface area (Å²) in [7, 11) is 0. The van der Waals surface area contributed by atoms with Gasteiger partial charge in [0.05, 0.1) is 5.39 Å². The molecule has 2 rings (SSSR count). The first-order valence-corrected chi connectivity index (χ1v) is 8.18. The van der Waals surface area contributed by atoms with Crippen molar-refractivity contribution in [2.75, 3.05) is 6.61 Å². The van der Waals surface area contributed by atoms with E-state index in [1.165, 1.54) is 18.2 Å². The Labute approximate surface area is 153 Å². The zero-order chi connectivity index (χ0) is 19.3. The number of halogens is 1. The Morgan fingerprint density at radius 3 is 2.69 bits per heavy atom. The van der Waals surface area contributed by atoms with Crippen LogP contribution in [-0.2, 0) is 9.53 Å². The Bertz CT molecular complexity index is 908. The molecule has 8 nitrogen and oxygen atoms in total. The number of urea groups is 1. The van der Waals surface area contributed by atoms with Crippen LogP contribution >= 0.6 is 11.6 Å². The molecule has 2 aromatic rings. The average Bonchev–Trinajstić information content (AvgIpc) is 2.59. The van der Waals surface area contributed by atoms with E-state index >= 15 is 0 Å². The van der Waals surface area contributed by atoms with Crippen LogP contribution in [0.3, 0.4) is 0 Å². The maximum Gasteiger partial charge on any atom is 0.374 e. The zero-order valence-corrected chi connectivity index (χ0v) is 14.9. The standard InChI is InChI=1S/C17H17ClN2O6/c1-3-9(2)19-17(24)20-15(22)8-25-16(23)14-7-12(21)11-6-10(18)4-5-13(11)26-14/h4-7,9H,3,8H2,1-2H3,(H2,19,20,22,24)/t9-/m0/s1. The van der Waals surface area contributed by atoms with Crippen LogP contribution in [0.15, 0.2) is 33.5 Å². The molecular formula is C17H17ClN2O6. The van der Waals surface area contributed by atoms with E-state index in [2.05, 4.69) is 5.32 Å². The molecule has 1 atom stereocenters. The van der Waals surface area contributed by atoms with Crippen LogP contribution in [0.5, 0.6) is 0 Å². The number of ether oxygens (including phenoxy) is 1. The second-order valence-electron chi connectivity index (χ2n) is 5.52. The number of carbonyl (C=O) groups excluding carboxylic acids is 3. The number of nitrogens with one attached hydrogen (secondary N) is 2. The molecular weight excluding hydrogens is 364 g/mol. The minimum Gasteiger partial charge on any atom is -0.450 e. The van der Waals surface area contributed by atoms with Crippen molar-refractivity contribution in [3.8, 4) is 0 Å². The lowest BCUT2D eigenvalue weighted by atomic mass is 10.2. The summed E-state index contributed by atoms with van der Waals surface area (Å²) in [4.78, 5) is 47.1. The highest BCUT2D eigenvalue weighted by molar-refractivity contribution is 6.31. The van der Waals surface area contributed by atoms with Crippen LogP contribution in [0.1, 0.15) is 30.8 Å². The van der Waals surface area contributed by atoms with E-state index in [4.69, 9.17) is 20.8 Å². The molecule has 3 amide bonds.